The van der Waals surface area contributed by atoms with Crippen LogP contribution >= 0.6 is 11.8 Å². The van der Waals surface area contributed by atoms with Crippen LogP contribution < -0.4 is 0 Å². The number of rotatable bonds is 6. The SMILES string of the molecule is CN(C)C(=O)c1cccc(CSc2nnc(-c3c[nH]c4ccccc34)n2C2CC2)c1. The number of carbonyl (C=O) groups is 1. The summed E-state index contributed by atoms with van der Waals surface area (Å²) in [5, 5.41) is 11.2. The van der Waals surface area contributed by atoms with Crippen LogP contribution in [0.2, 0.25) is 0 Å². The summed E-state index contributed by atoms with van der Waals surface area (Å²) in [6.07, 6.45) is 4.35. The van der Waals surface area contributed by atoms with Crippen molar-refractivity contribution in [3.63, 3.8) is 0 Å². The normalized spacial score (nSPS) is 13.7. The van der Waals surface area contributed by atoms with E-state index in [9.17, 15) is 4.79 Å². The average Bonchev–Trinajstić information content (AvgIpc) is 3.37. The van der Waals surface area contributed by atoms with E-state index in [1.165, 1.54) is 5.39 Å². The fourth-order valence-corrected chi connectivity index (χ4v) is 4.63. The minimum atomic E-state index is 0.0182. The fraction of sp³-hybridized carbons (Fsp3) is 0.261. The monoisotopic (exact) mass is 417 g/mol. The van der Waals surface area contributed by atoms with E-state index in [0.717, 1.165) is 46.2 Å². The van der Waals surface area contributed by atoms with Crippen LogP contribution in [0.5, 0.6) is 0 Å². The Morgan fingerprint density at radius 2 is 2.00 bits per heavy atom. The maximum absolute atomic E-state index is 12.3. The molecule has 0 radical (unpaired) electrons. The number of para-hydroxylation sites is 1. The highest BCUT2D eigenvalue weighted by Gasteiger charge is 2.30. The molecule has 0 saturated heterocycles. The van der Waals surface area contributed by atoms with Gasteiger partial charge in [0.05, 0.1) is 0 Å². The first-order chi connectivity index (χ1) is 14.6. The van der Waals surface area contributed by atoms with Gasteiger partial charge >= 0.3 is 0 Å². The van der Waals surface area contributed by atoms with Crippen molar-refractivity contribution in [3.8, 4) is 11.4 Å². The lowest BCUT2D eigenvalue weighted by Crippen LogP contribution is -2.21. The summed E-state index contributed by atoms with van der Waals surface area (Å²) >= 11 is 1.68. The van der Waals surface area contributed by atoms with Crippen LogP contribution in [-0.2, 0) is 5.75 Å². The van der Waals surface area contributed by atoms with Crippen LogP contribution in [0.3, 0.4) is 0 Å². The summed E-state index contributed by atoms with van der Waals surface area (Å²) in [5.74, 6) is 1.69. The highest BCUT2D eigenvalue weighted by Crippen LogP contribution is 2.42. The Bertz CT molecular complexity index is 1220. The molecule has 6 nitrogen and oxygen atoms in total. The third kappa shape index (κ3) is 3.50. The van der Waals surface area contributed by atoms with Crippen molar-refractivity contribution in [2.24, 2.45) is 0 Å². The summed E-state index contributed by atoms with van der Waals surface area (Å²) in [5.41, 5.74) is 4.01. The molecule has 1 fully saturated rings. The Labute approximate surface area is 179 Å². The molecule has 2 aromatic heterocycles. The number of H-pyrrole nitrogens is 1. The number of aromatic nitrogens is 4. The van der Waals surface area contributed by atoms with E-state index in [0.29, 0.717) is 11.6 Å². The minimum absolute atomic E-state index is 0.0182. The third-order valence-electron chi connectivity index (χ3n) is 5.35. The molecule has 0 unspecified atom stereocenters. The Morgan fingerprint density at radius 1 is 1.17 bits per heavy atom. The van der Waals surface area contributed by atoms with Crippen LogP contribution in [0, 0.1) is 0 Å². The molecule has 2 aromatic carbocycles. The molecule has 152 valence electrons. The molecule has 4 aromatic rings. The molecule has 1 saturated carbocycles. The van der Waals surface area contributed by atoms with Gasteiger partial charge in [0.25, 0.3) is 5.91 Å². The lowest BCUT2D eigenvalue weighted by Gasteiger charge is -2.11. The number of nitrogens with zero attached hydrogens (tertiary/aromatic N) is 4. The Morgan fingerprint density at radius 3 is 2.80 bits per heavy atom. The van der Waals surface area contributed by atoms with Gasteiger partial charge in [-0.3, -0.25) is 9.36 Å². The molecular formula is C23H23N5OS. The van der Waals surface area contributed by atoms with Crippen LogP contribution in [0.25, 0.3) is 22.3 Å². The van der Waals surface area contributed by atoms with Gasteiger partial charge in [0.15, 0.2) is 11.0 Å². The number of hydrogen-bond acceptors (Lipinski definition) is 4. The van der Waals surface area contributed by atoms with Gasteiger partial charge < -0.3 is 9.88 Å². The molecule has 5 rings (SSSR count). The number of hydrogen-bond donors (Lipinski definition) is 1. The number of aromatic amines is 1. The first-order valence-corrected chi connectivity index (χ1v) is 11.0. The quantitative estimate of drug-likeness (QED) is 0.460. The van der Waals surface area contributed by atoms with Crippen molar-refractivity contribution in [2.45, 2.75) is 29.8 Å². The maximum Gasteiger partial charge on any atom is 0.253 e. The largest absolute Gasteiger partial charge is 0.360 e. The number of fused-ring (bicyclic) bond motifs is 1. The standard InChI is InChI=1S/C23H23N5OS/c1-27(2)22(29)16-7-5-6-15(12-16)14-30-23-26-25-21(28(23)17-10-11-17)19-13-24-20-9-4-3-8-18(19)20/h3-9,12-13,17,24H,10-11,14H2,1-2H3. The second kappa shape index (κ2) is 7.65. The number of benzene rings is 2. The highest BCUT2D eigenvalue weighted by molar-refractivity contribution is 7.98. The molecule has 1 aliphatic rings. The van der Waals surface area contributed by atoms with Crippen LogP contribution in [0.15, 0.2) is 59.9 Å². The molecule has 0 aliphatic heterocycles. The van der Waals surface area contributed by atoms with E-state index in [4.69, 9.17) is 0 Å². The third-order valence-corrected chi connectivity index (χ3v) is 6.37. The molecule has 0 atom stereocenters. The molecule has 0 bridgehead atoms. The topological polar surface area (TPSA) is 66.8 Å². The van der Waals surface area contributed by atoms with Crippen molar-refractivity contribution in [2.75, 3.05) is 14.1 Å². The maximum atomic E-state index is 12.3. The van der Waals surface area contributed by atoms with E-state index in [-0.39, 0.29) is 5.91 Å². The molecular weight excluding hydrogens is 394 g/mol. The van der Waals surface area contributed by atoms with E-state index < -0.39 is 0 Å². The second-order valence-corrected chi connectivity index (χ2v) is 8.79. The van der Waals surface area contributed by atoms with E-state index >= 15 is 0 Å². The predicted molar refractivity (Wildman–Crippen MR) is 120 cm³/mol. The van der Waals surface area contributed by atoms with Gasteiger partial charge in [0.1, 0.15) is 0 Å². The van der Waals surface area contributed by atoms with Crippen molar-refractivity contribution >= 4 is 28.6 Å². The van der Waals surface area contributed by atoms with E-state index in [2.05, 4.69) is 44.0 Å². The summed E-state index contributed by atoms with van der Waals surface area (Å²) in [6.45, 7) is 0. The van der Waals surface area contributed by atoms with Crippen molar-refractivity contribution < 1.29 is 4.79 Å². The molecule has 0 spiro atoms. The number of nitrogens with one attached hydrogen (secondary N) is 1. The average molecular weight is 418 g/mol. The Balaban J connectivity index is 1.43. The van der Waals surface area contributed by atoms with Crippen molar-refractivity contribution in [3.05, 3.63) is 65.9 Å². The highest BCUT2D eigenvalue weighted by atomic mass is 32.2. The second-order valence-electron chi connectivity index (χ2n) is 7.84. The lowest BCUT2D eigenvalue weighted by atomic mass is 10.1. The Hall–Kier alpha value is -3.06. The number of carbonyl (C=O) groups excluding carboxylic acids is 1. The molecule has 30 heavy (non-hydrogen) atoms. The van der Waals surface area contributed by atoms with Crippen molar-refractivity contribution in [1.29, 1.82) is 0 Å². The minimum Gasteiger partial charge on any atom is -0.360 e. The van der Waals surface area contributed by atoms with Gasteiger partial charge in [-0.2, -0.15) is 0 Å². The fourth-order valence-electron chi connectivity index (χ4n) is 3.68. The van der Waals surface area contributed by atoms with E-state index in [1.54, 1.807) is 30.8 Å². The van der Waals surface area contributed by atoms with Gasteiger partial charge in [-0.15, -0.1) is 10.2 Å². The zero-order valence-electron chi connectivity index (χ0n) is 17.0. The van der Waals surface area contributed by atoms with Crippen molar-refractivity contribution in [1.82, 2.24) is 24.6 Å². The zero-order valence-corrected chi connectivity index (χ0v) is 17.8. The summed E-state index contributed by atoms with van der Waals surface area (Å²) in [7, 11) is 3.54. The molecule has 1 amide bonds. The van der Waals surface area contributed by atoms with Gasteiger partial charge in [-0.05, 0) is 36.6 Å². The first kappa shape index (κ1) is 18.9. The molecule has 1 N–H and O–H groups in total. The van der Waals surface area contributed by atoms with Crippen LogP contribution in [-0.4, -0.2) is 44.7 Å². The smallest absolute Gasteiger partial charge is 0.253 e. The Kier molecular flexibility index (Phi) is 4.83. The number of amides is 1. The lowest BCUT2D eigenvalue weighted by molar-refractivity contribution is 0.0827. The van der Waals surface area contributed by atoms with E-state index in [1.807, 2.05) is 30.5 Å². The predicted octanol–water partition coefficient (Wildman–Crippen LogP) is 4.76. The van der Waals surface area contributed by atoms with Gasteiger partial charge in [-0.25, -0.2) is 0 Å². The summed E-state index contributed by atoms with van der Waals surface area (Å²) in [4.78, 5) is 17.2. The van der Waals surface area contributed by atoms with Crippen LogP contribution in [0.4, 0.5) is 0 Å². The molecule has 7 heteroatoms. The first-order valence-electron chi connectivity index (χ1n) is 10.1. The molecule has 1 aliphatic carbocycles. The van der Waals surface area contributed by atoms with Crippen LogP contribution in [0.1, 0.15) is 34.8 Å². The molecule has 2 heterocycles. The zero-order chi connectivity index (χ0) is 20.7. The summed E-state index contributed by atoms with van der Waals surface area (Å²) in [6, 6.07) is 16.6. The van der Waals surface area contributed by atoms with Gasteiger partial charge in [-0.1, -0.05) is 42.1 Å². The van der Waals surface area contributed by atoms with Gasteiger partial charge in [0, 0.05) is 54.1 Å². The summed E-state index contributed by atoms with van der Waals surface area (Å²) < 4.78 is 2.29. The van der Waals surface area contributed by atoms with Gasteiger partial charge in [0.2, 0.25) is 0 Å². The number of thioether (sulfide) groups is 1.